The first kappa shape index (κ1) is 24.4. The molecule has 0 aliphatic carbocycles. The third-order valence-corrected chi connectivity index (χ3v) is 6.42. The summed E-state index contributed by atoms with van der Waals surface area (Å²) in [6.07, 6.45) is 1.34. The van der Waals surface area contributed by atoms with Gasteiger partial charge in [0.15, 0.2) is 5.78 Å². The fourth-order valence-electron chi connectivity index (χ4n) is 4.38. The summed E-state index contributed by atoms with van der Waals surface area (Å²) in [6, 6.07) is 9.26. The highest BCUT2D eigenvalue weighted by molar-refractivity contribution is 6.01. The monoisotopic (exact) mass is 455 g/mol. The predicted octanol–water partition coefficient (Wildman–Crippen LogP) is 0.941. The Morgan fingerprint density at radius 3 is 2.24 bits per heavy atom. The maximum absolute atomic E-state index is 13.1. The molecule has 0 unspecified atom stereocenters. The second-order valence-electron chi connectivity index (χ2n) is 8.46. The molecular weight excluding hydrogens is 422 g/mol. The Morgan fingerprint density at radius 1 is 1.06 bits per heavy atom. The standard InChI is InChI=1S/C24H33N5O4/c1-4-28(5-2)22(31)18-11-13-27(14-12-18)16-19(30)20-21(25)29(24(33)26(3)23(20)32)15-17-9-7-6-8-10-17/h6-10,18H,4-5,11-16,25H2,1-3H3. The van der Waals surface area contributed by atoms with Crippen LogP contribution in [0.15, 0.2) is 39.9 Å². The minimum Gasteiger partial charge on any atom is -0.384 e. The zero-order chi connectivity index (χ0) is 24.1. The molecule has 9 nitrogen and oxygen atoms in total. The van der Waals surface area contributed by atoms with Gasteiger partial charge in [-0.2, -0.15) is 0 Å². The molecule has 3 rings (SSSR count). The molecule has 0 spiro atoms. The third kappa shape index (κ3) is 5.24. The Morgan fingerprint density at radius 2 is 1.67 bits per heavy atom. The van der Waals surface area contributed by atoms with Gasteiger partial charge >= 0.3 is 5.69 Å². The number of carbonyl (C=O) groups excluding carboxylic acids is 2. The number of Topliss-reactive ketones (excluding diaryl/α,β-unsaturated/α-hetero) is 1. The molecule has 2 aromatic rings. The molecule has 0 radical (unpaired) electrons. The van der Waals surface area contributed by atoms with Crippen molar-refractivity contribution in [1.82, 2.24) is 18.9 Å². The molecule has 1 aromatic heterocycles. The van der Waals surface area contributed by atoms with Crippen LogP contribution in [0.25, 0.3) is 0 Å². The summed E-state index contributed by atoms with van der Waals surface area (Å²) >= 11 is 0. The number of nitrogens with two attached hydrogens (primary N) is 1. The van der Waals surface area contributed by atoms with Crippen LogP contribution in [0, 0.1) is 5.92 Å². The first-order chi connectivity index (χ1) is 15.8. The molecule has 2 N–H and O–H groups in total. The van der Waals surface area contributed by atoms with Gasteiger partial charge in [-0.3, -0.25) is 28.4 Å². The van der Waals surface area contributed by atoms with Crippen LogP contribution in [0.5, 0.6) is 0 Å². The van der Waals surface area contributed by atoms with Crippen molar-refractivity contribution in [2.75, 3.05) is 38.5 Å². The predicted molar refractivity (Wildman–Crippen MR) is 127 cm³/mol. The molecule has 1 fully saturated rings. The summed E-state index contributed by atoms with van der Waals surface area (Å²) in [5.41, 5.74) is 5.63. The number of rotatable bonds is 8. The number of hydrogen-bond donors (Lipinski definition) is 1. The molecule has 1 saturated heterocycles. The minimum atomic E-state index is -0.682. The summed E-state index contributed by atoms with van der Waals surface area (Å²) < 4.78 is 2.19. The third-order valence-electron chi connectivity index (χ3n) is 6.42. The number of carbonyl (C=O) groups is 2. The maximum atomic E-state index is 13.1. The molecule has 0 bridgehead atoms. The summed E-state index contributed by atoms with van der Waals surface area (Å²) in [5.74, 6) is -0.397. The van der Waals surface area contributed by atoms with E-state index in [9.17, 15) is 19.2 Å². The van der Waals surface area contributed by atoms with Crippen LogP contribution in [-0.2, 0) is 18.4 Å². The van der Waals surface area contributed by atoms with E-state index in [0.717, 1.165) is 10.1 Å². The first-order valence-corrected chi connectivity index (χ1v) is 11.5. The van der Waals surface area contributed by atoms with Crippen molar-refractivity contribution >= 4 is 17.5 Å². The van der Waals surface area contributed by atoms with E-state index in [-0.39, 0.29) is 36.3 Å². The van der Waals surface area contributed by atoms with Crippen molar-refractivity contribution < 1.29 is 9.59 Å². The highest BCUT2D eigenvalue weighted by Crippen LogP contribution is 2.20. The number of nitrogen functional groups attached to an aromatic ring is 1. The van der Waals surface area contributed by atoms with E-state index in [0.29, 0.717) is 39.0 Å². The SMILES string of the molecule is CCN(CC)C(=O)C1CCN(CC(=O)c2c(N)n(Cc3ccccc3)c(=O)n(C)c2=O)CC1. The summed E-state index contributed by atoms with van der Waals surface area (Å²) in [7, 11) is 1.35. The van der Waals surface area contributed by atoms with Crippen LogP contribution < -0.4 is 17.0 Å². The smallest absolute Gasteiger partial charge is 0.332 e. The molecule has 1 aliphatic heterocycles. The van der Waals surface area contributed by atoms with Crippen LogP contribution in [0.2, 0.25) is 0 Å². The molecule has 1 aliphatic rings. The van der Waals surface area contributed by atoms with Gasteiger partial charge in [-0.05, 0) is 45.3 Å². The number of hydrogen-bond acceptors (Lipinski definition) is 6. The van der Waals surface area contributed by atoms with Gasteiger partial charge in [0.25, 0.3) is 5.56 Å². The Kier molecular flexibility index (Phi) is 7.86. The highest BCUT2D eigenvalue weighted by atomic mass is 16.2. The number of likely N-dealkylation sites (tertiary alicyclic amines) is 1. The van der Waals surface area contributed by atoms with Crippen molar-refractivity contribution in [3.05, 3.63) is 62.3 Å². The van der Waals surface area contributed by atoms with E-state index in [1.807, 2.05) is 54.0 Å². The topological polar surface area (TPSA) is 111 Å². The lowest BCUT2D eigenvalue weighted by Gasteiger charge is -2.33. The van der Waals surface area contributed by atoms with Crippen LogP contribution >= 0.6 is 0 Å². The molecule has 2 heterocycles. The average molecular weight is 456 g/mol. The van der Waals surface area contributed by atoms with Gasteiger partial charge in [0.1, 0.15) is 11.4 Å². The van der Waals surface area contributed by atoms with Crippen LogP contribution in [0.1, 0.15) is 42.6 Å². The maximum Gasteiger partial charge on any atom is 0.332 e. The van der Waals surface area contributed by atoms with Crippen molar-refractivity contribution in [2.24, 2.45) is 13.0 Å². The summed E-state index contributed by atoms with van der Waals surface area (Å²) in [5, 5.41) is 0. The van der Waals surface area contributed by atoms with E-state index in [4.69, 9.17) is 5.73 Å². The Balaban J connectivity index is 1.76. The second kappa shape index (κ2) is 10.6. The van der Waals surface area contributed by atoms with Crippen molar-refractivity contribution in [3.8, 4) is 0 Å². The van der Waals surface area contributed by atoms with Gasteiger partial charge in [0.2, 0.25) is 5.91 Å². The van der Waals surface area contributed by atoms with Crippen LogP contribution in [0.3, 0.4) is 0 Å². The Hall–Kier alpha value is -3.20. The van der Waals surface area contributed by atoms with Gasteiger partial charge in [-0.1, -0.05) is 30.3 Å². The fourth-order valence-corrected chi connectivity index (χ4v) is 4.38. The molecular formula is C24H33N5O4. The molecule has 1 aromatic carbocycles. The van der Waals surface area contributed by atoms with Crippen molar-refractivity contribution in [3.63, 3.8) is 0 Å². The Labute approximate surface area is 193 Å². The molecule has 1 amide bonds. The zero-order valence-corrected chi connectivity index (χ0v) is 19.6. The number of amides is 1. The van der Waals surface area contributed by atoms with E-state index in [2.05, 4.69) is 0 Å². The quantitative estimate of drug-likeness (QED) is 0.593. The number of aromatic nitrogens is 2. The molecule has 0 atom stereocenters. The van der Waals surface area contributed by atoms with E-state index < -0.39 is 17.0 Å². The van der Waals surface area contributed by atoms with Gasteiger partial charge in [-0.25, -0.2) is 4.79 Å². The van der Waals surface area contributed by atoms with Gasteiger partial charge in [0.05, 0.1) is 13.1 Å². The van der Waals surface area contributed by atoms with Crippen LogP contribution in [0.4, 0.5) is 5.82 Å². The number of piperidine rings is 1. The summed E-state index contributed by atoms with van der Waals surface area (Å²) in [4.78, 5) is 54.9. The number of benzene rings is 1. The second-order valence-corrected chi connectivity index (χ2v) is 8.46. The van der Waals surface area contributed by atoms with Crippen molar-refractivity contribution in [2.45, 2.75) is 33.2 Å². The number of ketones is 1. The highest BCUT2D eigenvalue weighted by Gasteiger charge is 2.30. The fraction of sp³-hybridized carbons (Fsp3) is 0.500. The lowest BCUT2D eigenvalue weighted by molar-refractivity contribution is -0.136. The zero-order valence-electron chi connectivity index (χ0n) is 19.6. The van der Waals surface area contributed by atoms with Gasteiger partial charge in [0, 0.05) is 26.1 Å². The number of nitrogens with zero attached hydrogens (tertiary/aromatic N) is 4. The average Bonchev–Trinajstić information content (AvgIpc) is 2.82. The molecule has 9 heteroatoms. The van der Waals surface area contributed by atoms with Crippen LogP contribution in [-0.4, -0.2) is 63.3 Å². The Bertz CT molecular complexity index is 1110. The van der Waals surface area contributed by atoms with E-state index in [1.54, 1.807) is 0 Å². The largest absolute Gasteiger partial charge is 0.384 e. The lowest BCUT2D eigenvalue weighted by atomic mass is 9.95. The van der Waals surface area contributed by atoms with E-state index >= 15 is 0 Å². The van der Waals surface area contributed by atoms with Gasteiger partial charge in [-0.15, -0.1) is 0 Å². The normalized spacial score (nSPS) is 14.9. The molecule has 0 saturated carbocycles. The summed E-state index contributed by atoms with van der Waals surface area (Å²) in [6.45, 7) is 6.69. The number of anilines is 1. The molecule has 33 heavy (non-hydrogen) atoms. The first-order valence-electron chi connectivity index (χ1n) is 11.5. The van der Waals surface area contributed by atoms with Gasteiger partial charge < -0.3 is 10.6 Å². The molecule has 178 valence electrons. The van der Waals surface area contributed by atoms with E-state index in [1.165, 1.54) is 11.6 Å². The lowest BCUT2D eigenvalue weighted by Crippen LogP contribution is -2.46. The van der Waals surface area contributed by atoms with Crippen molar-refractivity contribution in [1.29, 1.82) is 0 Å². The minimum absolute atomic E-state index is 0.0230.